The molecule has 1 amide bonds. The minimum atomic E-state index is -0.495. The SMILES string of the molecule is C=C(F)CCC(=O)N(CC12CCC(c3ccc(C4(C#N)CC4)cc3)(CC1)OC2)c1cccc(-c2nc(C3CC3)no2)c1. The normalized spacial score (nSPS) is 25.5. The summed E-state index contributed by atoms with van der Waals surface area (Å²) in [4.78, 5) is 19.9. The van der Waals surface area contributed by atoms with Crippen molar-refractivity contribution in [3.8, 4) is 17.5 Å². The number of aromatic nitrogens is 2. The van der Waals surface area contributed by atoms with Crippen LogP contribution in [0.3, 0.4) is 0 Å². The number of rotatable bonds is 10. The maximum absolute atomic E-state index is 13.6. The minimum absolute atomic E-state index is 0.000868. The lowest BCUT2D eigenvalue weighted by Crippen LogP contribution is -2.54. The molecule has 1 aromatic heterocycles. The van der Waals surface area contributed by atoms with Crippen molar-refractivity contribution in [2.45, 2.75) is 81.1 Å². The van der Waals surface area contributed by atoms with Crippen LogP contribution in [0, 0.1) is 16.7 Å². The van der Waals surface area contributed by atoms with Crippen LogP contribution in [0.4, 0.5) is 10.1 Å². The molecule has 2 aliphatic heterocycles. The zero-order chi connectivity index (χ0) is 29.0. The van der Waals surface area contributed by atoms with Crippen LogP contribution < -0.4 is 4.90 Å². The second-order valence-corrected chi connectivity index (χ2v) is 12.8. The molecule has 3 saturated carbocycles. The Kier molecular flexibility index (Phi) is 6.54. The molecule has 2 saturated heterocycles. The molecule has 0 spiro atoms. The molecule has 216 valence electrons. The summed E-state index contributed by atoms with van der Waals surface area (Å²) in [5.41, 5.74) is 2.93. The Labute approximate surface area is 245 Å². The molecule has 7 nitrogen and oxygen atoms in total. The number of halogens is 1. The third-order valence-electron chi connectivity index (χ3n) is 9.89. The summed E-state index contributed by atoms with van der Waals surface area (Å²) in [5, 5.41) is 13.7. The first kappa shape index (κ1) is 27.0. The quantitative estimate of drug-likeness (QED) is 0.257. The second-order valence-electron chi connectivity index (χ2n) is 12.8. The van der Waals surface area contributed by atoms with E-state index in [1.807, 2.05) is 24.3 Å². The lowest BCUT2D eigenvalue weighted by atomic mass is 9.64. The molecule has 3 aromatic rings. The first-order valence-corrected chi connectivity index (χ1v) is 15.1. The third-order valence-corrected chi connectivity index (χ3v) is 9.89. The smallest absolute Gasteiger partial charge is 0.258 e. The van der Waals surface area contributed by atoms with Gasteiger partial charge in [-0.3, -0.25) is 4.79 Å². The fourth-order valence-electron chi connectivity index (χ4n) is 6.73. The van der Waals surface area contributed by atoms with E-state index in [4.69, 9.17) is 9.26 Å². The van der Waals surface area contributed by atoms with Crippen LogP contribution in [0.15, 0.2) is 65.5 Å². The van der Waals surface area contributed by atoms with Gasteiger partial charge in [0.15, 0.2) is 5.82 Å². The van der Waals surface area contributed by atoms with Crippen LogP contribution in [-0.2, 0) is 20.5 Å². The molecule has 8 rings (SSSR count). The Morgan fingerprint density at radius 2 is 1.79 bits per heavy atom. The summed E-state index contributed by atoms with van der Waals surface area (Å²) in [6.07, 6.45) is 7.65. The molecule has 5 aliphatic rings. The zero-order valence-corrected chi connectivity index (χ0v) is 23.8. The van der Waals surface area contributed by atoms with E-state index >= 15 is 0 Å². The highest BCUT2D eigenvalue weighted by Gasteiger charge is 2.52. The fourth-order valence-corrected chi connectivity index (χ4v) is 6.73. The Morgan fingerprint density at radius 1 is 1.05 bits per heavy atom. The number of amides is 1. The van der Waals surface area contributed by atoms with Gasteiger partial charge in [-0.25, -0.2) is 4.39 Å². The van der Waals surface area contributed by atoms with E-state index in [1.54, 1.807) is 4.90 Å². The van der Waals surface area contributed by atoms with E-state index in [-0.39, 0.29) is 35.2 Å². The molecule has 8 heteroatoms. The monoisotopic (exact) mass is 566 g/mol. The molecule has 2 bridgehead atoms. The number of hydrogen-bond donors (Lipinski definition) is 0. The van der Waals surface area contributed by atoms with Crippen molar-refractivity contribution in [3.63, 3.8) is 0 Å². The fraction of sp³-hybridized carbons (Fsp3) is 0.471. The Hall–Kier alpha value is -3.83. The van der Waals surface area contributed by atoms with Crippen LogP contribution in [0.25, 0.3) is 11.5 Å². The standard InChI is InChI=1S/C34H35FN4O3/c1-23(35)5-12-29(40)39(28-4-2-3-25(19-28)31-37-30(38-42-31)24-6-7-24)21-32-13-17-34(18-14-32,41-22-32)27-10-8-26(9-11-27)33(20-36)15-16-33/h2-4,8-11,19,24H,1,5-7,12-18,21-22H2. The predicted octanol–water partition coefficient (Wildman–Crippen LogP) is 7.25. The van der Waals surface area contributed by atoms with E-state index in [0.717, 1.165) is 74.0 Å². The summed E-state index contributed by atoms with van der Waals surface area (Å²) in [6, 6.07) is 18.6. The maximum Gasteiger partial charge on any atom is 0.258 e. The number of carbonyl (C=O) groups excluding carboxylic acids is 1. The summed E-state index contributed by atoms with van der Waals surface area (Å²) in [7, 11) is 0. The van der Waals surface area contributed by atoms with Gasteiger partial charge in [0.05, 0.1) is 29.5 Å². The average molecular weight is 567 g/mol. The van der Waals surface area contributed by atoms with Crippen molar-refractivity contribution in [2.24, 2.45) is 5.41 Å². The van der Waals surface area contributed by atoms with E-state index in [2.05, 4.69) is 47.1 Å². The summed E-state index contributed by atoms with van der Waals surface area (Å²) >= 11 is 0. The van der Waals surface area contributed by atoms with Gasteiger partial charge >= 0.3 is 0 Å². The van der Waals surface area contributed by atoms with Gasteiger partial charge in [-0.2, -0.15) is 10.2 Å². The van der Waals surface area contributed by atoms with Crippen LogP contribution in [0.1, 0.15) is 87.1 Å². The highest BCUT2D eigenvalue weighted by atomic mass is 19.1. The molecular weight excluding hydrogens is 531 g/mol. The number of hydrogen-bond acceptors (Lipinski definition) is 6. The van der Waals surface area contributed by atoms with Crippen molar-refractivity contribution in [1.29, 1.82) is 5.26 Å². The number of benzene rings is 2. The second kappa shape index (κ2) is 10.2. The predicted molar refractivity (Wildman–Crippen MR) is 155 cm³/mol. The van der Waals surface area contributed by atoms with E-state index in [1.165, 1.54) is 5.56 Å². The van der Waals surface area contributed by atoms with Gasteiger partial charge in [0.2, 0.25) is 5.91 Å². The van der Waals surface area contributed by atoms with Crippen LogP contribution >= 0.6 is 0 Å². The van der Waals surface area contributed by atoms with Gasteiger partial charge in [0.1, 0.15) is 0 Å². The lowest BCUT2D eigenvalue weighted by Gasteiger charge is -2.54. The number of allylic oxidation sites excluding steroid dienone is 1. The van der Waals surface area contributed by atoms with Crippen molar-refractivity contribution >= 4 is 11.6 Å². The Bertz CT molecular complexity index is 1540. The van der Waals surface area contributed by atoms with Gasteiger partial charge in [0, 0.05) is 42.0 Å². The van der Waals surface area contributed by atoms with Crippen LogP contribution in [0.5, 0.6) is 0 Å². The number of nitriles is 1. The lowest BCUT2D eigenvalue weighted by molar-refractivity contribution is -0.186. The molecule has 0 radical (unpaired) electrons. The van der Waals surface area contributed by atoms with Gasteiger partial charge in [0.25, 0.3) is 5.89 Å². The number of carbonyl (C=O) groups is 1. The van der Waals surface area contributed by atoms with E-state index in [9.17, 15) is 14.4 Å². The molecule has 0 atom stereocenters. The number of anilines is 1. The van der Waals surface area contributed by atoms with Crippen molar-refractivity contribution in [3.05, 3.63) is 77.9 Å². The van der Waals surface area contributed by atoms with Crippen molar-refractivity contribution in [1.82, 2.24) is 10.1 Å². The highest BCUT2D eigenvalue weighted by molar-refractivity contribution is 5.94. The maximum atomic E-state index is 13.6. The molecular formula is C34H35FN4O3. The van der Waals surface area contributed by atoms with Crippen molar-refractivity contribution in [2.75, 3.05) is 18.1 Å². The minimum Gasteiger partial charge on any atom is -0.370 e. The number of nitrogens with zero attached hydrogens (tertiary/aromatic N) is 4. The van der Waals surface area contributed by atoms with Gasteiger partial charge < -0.3 is 14.2 Å². The van der Waals surface area contributed by atoms with E-state index in [0.29, 0.717) is 25.0 Å². The molecule has 0 unspecified atom stereocenters. The number of ether oxygens (including phenoxy) is 1. The number of fused-ring (bicyclic) bond motifs is 3. The van der Waals surface area contributed by atoms with Crippen LogP contribution in [0.2, 0.25) is 0 Å². The summed E-state index contributed by atoms with van der Waals surface area (Å²) in [6.45, 7) is 4.39. The third kappa shape index (κ3) is 4.94. The summed E-state index contributed by atoms with van der Waals surface area (Å²) in [5.74, 6) is 0.921. The largest absolute Gasteiger partial charge is 0.370 e. The van der Waals surface area contributed by atoms with E-state index < -0.39 is 5.83 Å². The first-order valence-electron chi connectivity index (χ1n) is 15.1. The molecule has 3 heterocycles. The van der Waals surface area contributed by atoms with Crippen molar-refractivity contribution < 1.29 is 18.4 Å². The molecule has 5 fully saturated rings. The first-order chi connectivity index (χ1) is 20.3. The average Bonchev–Trinajstić information content (AvgIpc) is 3.98. The Morgan fingerprint density at radius 3 is 2.40 bits per heavy atom. The van der Waals surface area contributed by atoms with Crippen LogP contribution in [-0.4, -0.2) is 29.2 Å². The van der Waals surface area contributed by atoms with Gasteiger partial charge in [-0.1, -0.05) is 42.1 Å². The van der Waals surface area contributed by atoms with Gasteiger partial charge in [-0.15, -0.1) is 0 Å². The zero-order valence-electron chi connectivity index (χ0n) is 23.8. The molecule has 42 heavy (non-hydrogen) atoms. The molecule has 0 N–H and O–H groups in total. The molecule has 3 aliphatic carbocycles. The molecule has 2 aromatic carbocycles. The van der Waals surface area contributed by atoms with Gasteiger partial charge in [-0.05, 0) is 80.7 Å². The highest BCUT2D eigenvalue weighted by Crippen LogP contribution is 2.55. The summed E-state index contributed by atoms with van der Waals surface area (Å²) < 4.78 is 25.8. The Balaban J connectivity index is 1.10. The topological polar surface area (TPSA) is 92.2 Å².